The van der Waals surface area contributed by atoms with Gasteiger partial charge in [-0.3, -0.25) is 9.59 Å². The predicted molar refractivity (Wildman–Crippen MR) is 60.2 cm³/mol. The summed E-state index contributed by atoms with van der Waals surface area (Å²) in [4.78, 5) is 44.5. The number of nitrogens with two attached hydrogens (primary N) is 2. The molecule has 0 unspecified atom stereocenters. The lowest BCUT2D eigenvalue weighted by Gasteiger charge is -2.22. The van der Waals surface area contributed by atoms with Crippen molar-refractivity contribution >= 4 is 23.8 Å². The van der Waals surface area contributed by atoms with Crippen LogP contribution in [0.3, 0.4) is 0 Å². The normalized spacial score (nSPS) is 11.4. The number of amides is 4. The molecule has 0 aliphatic heterocycles. The lowest BCUT2D eigenvalue weighted by atomic mass is 10.2. The standard InChI is InChI=1S/C9H16N4O5/c1-2-5(8(16)17)12-9(18)13(3-6(10)14)4-7(11)15/h5H,2-4H2,1H3,(H2,10,14)(H2,11,15)(H,12,18)(H,16,17)/t5-/m0/s1. The molecule has 9 nitrogen and oxygen atoms in total. The van der Waals surface area contributed by atoms with Crippen LogP contribution in [0.4, 0.5) is 4.79 Å². The van der Waals surface area contributed by atoms with Crippen LogP contribution in [-0.2, 0) is 14.4 Å². The Kier molecular flexibility index (Phi) is 6.18. The minimum absolute atomic E-state index is 0.155. The van der Waals surface area contributed by atoms with Crippen molar-refractivity contribution in [3.63, 3.8) is 0 Å². The number of carboxylic acid groups (broad SMARTS) is 1. The molecule has 0 spiro atoms. The Morgan fingerprint density at radius 3 is 1.89 bits per heavy atom. The summed E-state index contributed by atoms with van der Waals surface area (Å²) in [5.74, 6) is -2.89. The monoisotopic (exact) mass is 260 g/mol. The van der Waals surface area contributed by atoms with Gasteiger partial charge in [-0.05, 0) is 6.42 Å². The molecule has 0 rings (SSSR count). The molecule has 0 aromatic carbocycles. The van der Waals surface area contributed by atoms with Crippen molar-refractivity contribution in [1.29, 1.82) is 0 Å². The van der Waals surface area contributed by atoms with Crippen LogP contribution in [0, 0.1) is 0 Å². The Balaban J connectivity index is 4.68. The molecule has 18 heavy (non-hydrogen) atoms. The van der Waals surface area contributed by atoms with E-state index in [-0.39, 0.29) is 6.42 Å². The number of carbonyl (C=O) groups is 4. The first-order chi connectivity index (χ1) is 8.27. The molecule has 0 aromatic heterocycles. The van der Waals surface area contributed by atoms with Crippen LogP contribution in [-0.4, -0.2) is 53.0 Å². The number of nitrogens with zero attached hydrogens (tertiary/aromatic N) is 1. The third-order valence-electron chi connectivity index (χ3n) is 1.98. The second-order valence-electron chi connectivity index (χ2n) is 3.54. The topological polar surface area (TPSA) is 156 Å². The number of rotatable bonds is 7. The lowest BCUT2D eigenvalue weighted by molar-refractivity contribution is -0.139. The molecule has 0 fully saturated rings. The Morgan fingerprint density at radius 1 is 1.17 bits per heavy atom. The van der Waals surface area contributed by atoms with E-state index in [9.17, 15) is 19.2 Å². The van der Waals surface area contributed by atoms with Crippen molar-refractivity contribution < 1.29 is 24.3 Å². The predicted octanol–water partition coefficient (Wildman–Crippen LogP) is -2.17. The van der Waals surface area contributed by atoms with Gasteiger partial charge in [0.05, 0.1) is 0 Å². The van der Waals surface area contributed by atoms with Gasteiger partial charge in [0.1, 0.15) is 19.1 Å². The molecule has 0 aromatic rings. The number of carboxylic acids is 1. The number of hydrogen-bond acceptors (Lipinski definition) is 4. The van der Waals surface area contributed by atoms with Crippen molar-refractivity contribution in [3.05, 3.63) is 0 Å². The smallest absolute Gasteiger partial charge is 0.326 e. The number of primary amides is 2. The Morgan fingerprint density at radius 2 is 1.61 bits per heavy atom. The van der Waals surface area contributed by atoms with Gasteiger partial charge in [0, 0.05) is 0 Å². The number of aliphatic carboxylic acids is 1. The summed E-state index contributed by atoms with van der Waals surface area (Å²) in [7, 11) is 0. The Bertz CT molecular complexity index is 341. The highest BCUT2D eigenvalue weighted by Gasteiger charge is 2.23. The van der Waals surface area contributed by atoms with Gasteiger partial charge in [-0.15, -0.1) is 0 Å². The van der Waals surface area contributed by atoms with Crippen LogP contribution in [0.1, 0.15) is 13.3 Å². The number of carbonyl (C=O) groups excluding carboxylic acids is 3. The van der Waals surface area contributed by atoms with Gasteiger partial charge in [-0.1, -0.05) is 6.92 Å². The number of nitrogens with one attached hydrogen (secondary N) is 1. The summed E-state index contributed by atoms with van der Waals surface area (Å²) >= 11 is 0. The summed E-state index contributed by atoms with van der Waals surface area (Å²) in [5, 5.41) is 10.9. The number of urea groups is 1. The molecular weight excluding hydrogens is 244 g/mol. The fourth-order valence-corrected chi connectivity index (χ4v) is 1.15. The minimum Gasteiger partial charge on any atom is -0.480 e. The Labute approximate surface area is 103 Å². The Hall–Kier alpha value is -2.32. The van der Waals surface area contributed by atoms with Gasteiger partial charge >= 0.3 is 12.0 Å². The average Bonchev–Trinajstić information content (AvgIpc) is 2.22. The lowest BCUT2D eigenvalue weighted by Crippen LogP contribution is -2.52. The van der Waals surface area contributed by atoms with E-state index in [0.717, 1.165) is 4.90 Å². The maximum atomic E-state index is 11.6. The van der Waals surface area contributed by atoms with Gasteiger partial charge in [0.25, 0.3) is 0 Å². The minimum atomic E-state index is -1.22. The first-order valence-corrected chi connectivity index (χ1v) is 5.12. The zero-order chi connectivity index (χ0) is 14.3. The van der Waals surface area contributed by atoms with Crippen LogP contribution in [0.2, 0.25) is 0 Å². The van der Waals surface area contributed by atoms with Crippen LogP contribution in [0.5, 0.6) is 0 Å². The van der Waals surface area contributed by atoms with Crippen molar-refractivity contribution in [2.24, 2.45) is 11.5 Å². The summed E-state index contributed by atoms with van der Waals surface area (Å²) in [6, 6.07) is -2.00. The second kappa shape index (κ2) is 7.09. The van der Waals surface area contributed by atoms with Crippen molar-refractivity contribution in [2.45, 2.75) is 19.4 Å². The largest absolute Gasteiger partial charge is 0.480 e. The van der Waals surface area contributed by atoms with Crippen molar-refractivity contribution in [1.82, 2.24) is 10.2 Å². The van der Waals surface area contributed by atoms with Crippen LogP contribution in [0.15, 0.2) is 0 Å². The second-order valence-corrected chi connectivity index (χ2v) is 3.54. The summed E-state index contributed by atoms with van der Waals surface area (Å²) < 4.78 is 0. The third-order valence-corrected chi connectivity index (χ3v) is 1.98. The maximum Gasteiger partial charge on any atom is 0.326 e. The average molecular weight is 260 g/mol. The van der Waals surface area contributed by atoms with E-state index in [0.29, 0.717) is 0 Å². The highest BCUT2D eigenvalue weighted by atomic mass is 16.4. The van der Waals surface area contributed by atoms with Gasteiger partial charge in [-0.2, -0.15) is 0 Å². The molecule has 0 aliphatic carbocycles. The molecule has 9 heteroatoms. The van der Waals surface area contributed by atoms with Gasteiger partial charge in [0.15, 0.2) is 0 Å². The van der Waals surface area contributed by atoms with Crippen molar-refractivity contribution in [2.75, 3.05) is 13.1 Å². The van der Waals surface area contributed by atoms with E-state index >= 15 is 0 Å². The summed E-state index contributed by atoms with van der Waals surface area (Å²) in [6.07, 6.45) is 0.155. The SMILES string of the molecule is CC[C@H](NC(=O)N(CC(N)=O)CC(N)=O)C(=O)O. The van der Waals surface area contributed by atoms with Crippen LogP contribution in [0.25, 0.3) is 0 Å². The summed E-state index contributed by atoms with van der Waals surface area (Å²) in [5.41, 5.74) is 9.80. The van der Waals surface area contributed by atoms with E-state index in [4.69, 9.17) is 16.6 Å². The molecule has 0 aliphatic rings. The molecule has 0 saturated heterocycles. The molecule has 6 N–H and O–H groups in total. The van der Waals surface area contributed by atoms with Gasteiger partial charge in [0.2, 0.25) is 11.8 Å². The molecule has 0 radical (unpaired) electrons. The zero-order valence-corrected chi connectivity index (χ0v) is 9.88. The van der Waals surface area contributed by atoms with E-state index < -0.39 is 42.9 Å². The first kappa shape index (κ1) is 15.7. The fourth-order valence-electron chi connectivity index (χ4n) is 1.15. The van der Waals surface area contributed by atoms with Gasteiger partial charge < -0.3 is 26.8 Å². The van der Waals surface area contributed by atoms with E-state index in [1.165, 1.54) is 0 Å². The van der Waals surface area contributed by atoms with Crippen LogP contribution < -0.4 is 16.8 Å². The molecule has 1 atom stereocenters. The van der Waals surface area contributed by atoms with E-state index in [2.05, 4.69) is 5.32 Å². The van der Waals surface area contributed by atoms with E-state index in [1.54, 1.807) is 6.92 Å². The third kappa shape index (κ3) is 5.68. The quantitative estimate of drug-likeness (QED) is 0.410. The number of hydrogen-bond donors (Lipinski definition) is 4. The maximum absolute atomic E-state index is 11.6. The highest BCUT2D eigenvalue weighted by molar-refractivity contribution is 5.89. The highest BCUT2D eigenvalue weighted by Crippen LogP contribution is 1.95. The first-order valence-electron chi connectivity index (χ1n) is 5.12. The molecule has 0 heterocycles. The fraction of sp³-hybridized carbons (Fsp3) is 0.556. The van der Waals surface area contributed by atoms with Gasteiger partial charge in [-0.25, -0.2) is 9.59 Å². The molecule has 102 valence electrons. The molecule has 0 saturated carbocycles. The molecule has 0 bridgehead atoms. The molecular formula is C9H16N4O5. The zero-order valence-electron chi connectivity index (χ0n) is 9.88. The van der Waals surface area contributed by atoms with Crippen LogP contribution >= 0.6 is 0 Å². The van der Waals surface area contributed by atoms with E-state index in [1.807, 2.05) is 0 Å². The molecule has 4 amide bonds. The summed E-state index contributed by atoms with van der Waals surface area (Å²) in [6.45, 7) is 0.515. The van der Waals surface area contributed by atoms with Crippen molar-refractivity contribution in [3.8, 4) is 0 Å².